The van der Waals surface area contributed by atoms with E-state index in [2.05, 4.69) is 60.5 Å². The van der Waals surface area contributed by atoms with Crippen molar-refractivity contribution in [2.75, 3.05) is 26.4 Å². The highest BCUT2D eigenvalue weighted by Crippen LogP contribution is 2.33. The lowest BCUT2D eigenvalue weighted by atomic mass is 10.0. The molecule has 1 fully saturated rings. The van der Waals surface area contributed by atoms with Crippen molar-refractivity contribution in [3.05, 3.63) is 41.2 Å². The normalized spacial score (nSPS) is 17.6. The van der Waals surface area contributed by atoms with Crippen molar-refractivity contribution < 1.29 is 0 Å². The van der Waals surface area contributed by atoms with Crippen LogP contribution in [0.5, 0.6) is 0 Å². The molecule has 0 spiro atoms. The van der Waals surface area contributed by atoms with E-state index in [4.69, 9.17) is 0 Å². The van der Waals surface area contributed by atoms with Crippen molar-refractivity contribution >= 4 is 17.7 Å². The Morgan fingerprint density at radius 2 is 2.00 bits per heavy atom. The molecule has 1 saturated carbocycles. The van der Waals surface area contributed by atoms with Gasteiger partial charge in [0, 0.05) is 39.1 Å². The highest BCUT2D eigenvalue weighted by atomic mass is 32.2. The highest BCUT2D eigenvalue weighted by Gasteiger charge is 2.23. The summed E-state index contributed by atoms with van der Waals surface area (Å²) in [6, 6.07) is 9.33. The molecule has 2 aliphatic rings. The summed E-state index contributed by atoms with van der Waals surface area (Å²) in [7, 11) is 1.88. The predicted molar refractivity (Wildman–Crippen MR) is 120 cm³/mol. The molecule has 4 rings (SSSR count). The van der Waals surface area contributed by atoms with Gasteiger partial charge < -0.3 is 14.8 Å². The van der Waals surface area contributed by atoms with Gasteiger partial charge in [-0.15, -0.1) is 10.2 Å². The van der Waals surface area contributed by atoms with Crippen LogP contribution in [0, 0.1) is 0 Å². The number of fused-ring (bicyclic) bond motifs is 1. The Balaban J connectivity index is 1.31. The molecule has 1 aliphatic heterocycles. The number of thioether (sulfide) groups is 1. The Kier molecular flexibility index (Phi) is 6.74. The third-order valence-corrected chi connectivity index (χ3v) is 6.75. The maximum Gasteiger partial charge on any atom is 0.193 e. The zero-order valence-corrected chi connectivity index (χ0v) is 18.4. The molecule has 7 heteroatoms. The first kappa shape index (κ1) is 20.3. The molecule has 2 heterocycles. The number of nitrogens with one attached hydrogen (secondary N) is 1. The summed E-state index contributed by atoms with van der Waals surface area (Å²) in [5.41, 5.74) is 2.88. The van der Waals surface area contributed by atoms with E-state index in [9.17, 15) is 0 Å². The number of nitrogens with zero attached hydrogens (tertiary/aromatic N) is 5. The minimum atomic E-state index is 0.594. The summed E-state index contributed by atoms with van der Waals surface area (Å²) in [4.78, 5) is 6.88. The smallest absolute Gasteiger partial charge is 0.193 e. The number of rotatable bonds is 6. The van der Waals surface area contributed by atoms with Crippen molar-refractivity contribution in [3.8, 4) is 0 Å². The maximum atomic E-state index is 4.52. The number of hydrogen-bond donors (Lipinski definition) is 1. The second-order valence-electron chi connectivity index (χ2n) is 7.93. The predicted octanol–water partition coefficient (Wildman–Crippen LogP) is 3.68. The number of aromatic nitrogens is 3. The topological polar surface area (TPSA) is 58.3 Å². The van der Waals surface area contributed by atoms with Crippen molar-refractivity contribution in [1.82, 2.24) is 25.0 Å². The molecular weight excluding hydrogens is 380 g/mol. The van der Waals surface area contributed by atoms with Gasteiger partial charge in [0.1, 0.15) is 5.82 Å². The monoisotopic (exact) mass is 412 g/mol. The first-order chi connectivity index (χ1) is 14.3. The second kappa shape index (κ2) is 9.65. The van der Waals surface area contributed by atoms with Gasteiger partial charge in [-0.3, -0.25) is 4.99 Å². The van der Waals surface area contributed by atoms with Gasteiger partial charge in [-0.2, -0.15) is 0 Å². The Morgan fingerprint density at radius 3 is 2.76 bits per heavy atom. The molecule has 1 aromatic heterocycles. The van der Waals surface area contributed by atoms with Gasteiger partial charge in [0.15, 0.2) is 11.1 Å². The Labute approximate surface area is 178 Å². The highest BCUT2D eigenvalue weighted by molar-refractivity contribution is 7.98. The number of aliphatic imine (C=N–C) groups is 1. The average Bonchev–Trinajstić information content (AvgIpc) is 3.43. The maximum absolute atomic E-state index is 4.52. The molecule has 29 heavy (non-hydrogen) atoms. The summed E-state index contributed by atoms with van der Waals surface area (Å²) >= 11 is 1.71. The van der Waals surface area contributed by atoms with E-state index in [0.29, 0.717) is 6.04 Å². The van der Waals surface area contributed by atoms with Crippen LogP contribution in [0.4, 0.5) is 0 Å². The van der Waals surface area contributed by atoms with Gasteiger partial charge in [-0.05, 0) is 43.1 Å². The number of guanidine groups is 1. The third kappa shape index (κ3) is 4.60. The van der Waals surface area contributed by atoms with Crippen LogP contribution in [-0.4, -0.2) is 52.0 Å². The fourth-order valence-electron chi connectivity index (χ4n) is 4.60. The van der Waals surface area contributed by atoms with Crippen LogP contribution in [0.3, 0.4) is 0 Å². The Hall–Kier alpha value is -2.02. The summed E-state index contributed by atoms with van der Waals surface area (Å²) in [6.07, 6.45) is 10.3. The van der Waals surface area contributed by atoms with Gasteiger partial charge in [-0.25, -0.2) is 0 Å². The molecule has 1 N–H and O–H groups in total. The fraction of sp³-hybridized carbons (Fsp3) is 0.591. The molecule has 6 nitrogen and oxygen atoms in total. The van der Waals surface area contributed by atoms with Crippen molar-refractivity contribution in [1.29, 1.82) is 0 Å². The van der Waals surface area contributed by atoms with E-state index < -0.39 is 0 Å². The number of hydrogen-bond acceptors (Lipinski definition) is 4. The lowest BCUT2D eigenvalue weighted by Gasteiger charge is -2.31. The van der Waals surface area contributed by atoms with Crippen molar-refractivity contribution in [3.63, 3.8) is 0 Å². The van der Waals surface area contributed by atoms with Crippen LogP contribution in [0.2, 0.25) is 0 Å². The van der Waals surface area contributed by atoms with Crippen LogP contribution in [-0.2, 0) is 19.4 Å². The lowest BCUT2D eigenvalue weighted by molar-refractivity contribution is 0.378. The first-order valence-corrected chi connectivity index (χ1v) is 12.0. The molecule has 1 aliphatic carbocycles. The number of benzene rings is 1. The van der Waals surface area contributed by atoms with Crippen LogP contribution in [0.25, 0.3) is 0 Å². The van der Waals surface area contributed by atoms with Gasteiger partial charge in [0.2, 0.25) is 0 Å². The summed E-state index contributed by atoms with van der Waals surface area (Å²) < 4.78 is 2.41. The SMILES string of the molecule is CN=C(NCCCc1nnc(SC)n1C1CCCC1)N1CCc2ccccc2C1. The fourth-order valence-corrected chi connectivity index (χ4v) is 5.18. The summed E-state index contributed by atoms with van der Waals surface area (Å²) in [5, 5.41) is 13.6. The molecule has 0 radical (unpaired) electrons. The Bertz CT molecular complexity index is 840. The van der Waals surface area contributed by atoms with E-state index in [1.807, 2.05) is 7.05 Å². The molecule has 0 atom stereocenters. The van der Waals surface area contributed by atoms with Gasteiger partial charge in [-0.1, -0.05) is 48.9 Å². The van der Waals surface area contributed by atoms with Crippen LogP contribution in [0.15, 0.2) is 34.4 Å². The molecule has 1 aromatic carbocycles. The molecule has 0 amide bonds. The molecule has 2 aromatic rings. The minimum Gasteiger partial charge on any atom is -0.356 e. The van der Waals surface area contributed by atoms with E-state index in [1.165, 1.54) is 36.8 Å². The van der Waals surface area contributed by atoms with Crippen molar-refractivity contribution in [2.45, 2.75) is 62.7 Å². The minimum absolute atomic E-state index is 0.594. The van der Waals surface area contributed by atoms with Gasteiger partial charge in [0.25, 0.3) is 0 Å². The summed E-state index contributed by atoms with van der Waals surface area (Å²) in [5.74, 6) is 2.14. The zero-order valence-electron chi connectivity index (χ0n) is 17.6. The number of aryl methyl sites for hydroxylation is 1. The average molecular weight is 413 g/mol. The standard InChI is InChI=1S/C22H32N6S/c1-23-21(27-15-13-17-8-3-4-9-18(17)16-27)24-14-7-12-20-25-26-22(29-2)28(20)19-10-5-6-11-19/h3-4,8-9,19H,5-7,10-16H2,1-2H3,(H,23,24). The largest absolute Gasteiger partial charge is 0.356 e. The summed E-state index contributed by atoms with van der Waals surface area (Å²) in [6.45, 7) is 2.85. The van der Waals surface area contributed by atoms with E-state index in [1.54, 1.807) is 11.8 Å². The van der Waals surface area contributed by atoms with E-state index in [-0.39, 0.29) is 0 Å². The van der Waals surface area contributed by atoms with Gasteiger partial charge >= 0.3 is 0 Å². The van der Waals surface area contributed by atoms with Gasteiger partial charge in [0.05, 0.1) is 0 Å². The van der Waals surface area contributed by atoms with E-state index in [0.717, 1.165) is 55.8 Å². The first-order valence-electron chi connectivity index (χ1n) is 10.8. The van der Waals surface area contributed by atoms with E-state index >= 15 is 0 Å². The molecule has 0 saturated heterocycles. The van der Waals surface area contributed by atoms with Crippen LogP contribution < -0.4 is 5.32 Å². The second-order valence-corrected chi connectivity index (χ2v) is 8.70. The third-order valence-electron chi connectivity index (χ3n) is 6.11. The van der Waals surface area contributed by atoms with Crippen molar-refractivity contribution in [2.24, 2.45) is 4.99 Å². The molecule has 156 valence electrons. The van der Waals surface area contributed by atoms with Crippen LogP contribution in [0.1, 0.15) is 55.1 Å². The quantitative estimate of drug-likeness (QED) is 0.339. The zero-order chi connectivity index (χ0) is 20.1. The molecule has 0 unspecified atom stereocenters. The molecule has 0 bridgehead atoms. The lowest BCUT2D eigenvalue weighted by Crippen LogP contribution is -2.44. The van der Waals surface area contributed by atoms with Crippen LogP contribution >= 0.6 is 11.8 Å². The molecular formula is C22H32N6S. The Morgan fingerprint density at radius 1 is 1.21 bits per heavy atom.